The highest BCUT2D eigenvalue weighted by molar-refractivity contribution is 6.35. The van der Waals surface area contributed by atoms with Crippen molar-refractivity contribution in [3.63, 3.8) is 0 Å². The van der Waals surface area contributed by atoms with Crippen molar-refractivity contribution < 1.29 is 14.3 Å². The molecule has 32 heavy (non-hydrogen) atoms. The number of fused-ring (bicyclic) bond motifs is 3. The molecule has 160 valence electrons. The summed E-state index contributed by atoms with van der Waals surface area (Å²) in [6.45, 7) is 2.08. The summed E-state index contributed by atoms with van der Waals surface area (Å²) < 4.78 is 5.39. The first kappa shape index (κ1) is 20.4. The summed E-state index contributed by atoms with van der Waals surface area (Å²) in [6.07, 6.45) is 0. The number of hydrogen-bond acceptors (Lipinski definition) is 6. The van der Waals surface area contributed by atoms with Crippen molar-refractivity contribution in [2.24, 2.45) is 5.73 Å². The number of nitriles is 1. The van der Waals surface area contributed by atoms with Crippen molar-refractivity contribution in [3.05, 3.63) is 80.7 Å². The van der Waals surface area contributed by atoms with Crippen LogP contribution in [0.5, 0.6) is 0 Å². The molecule has 2 N–H and O–H groups in total. The SMILES string of the molecule is CCN1C(=O)[C@]2(C(C#N)=C(N)N(c3cc(Cl)cc(Cl)c3)C3=C2C(=O)OC3)c2ccccc21. The van der Waals surface area contributed by atoms with Crippen LogP contribution < -0.4 is 15.5 Å². The summed E-state index contributed by atoms with van der Waals surface area (Å²) in [6, 6.07) is 14.0. The Morgan fingerprint density at radius 2 is 1.88 bits per heavy atom. The second-order valence-electron chi connectivity index (χ2n) is 7.55. The molecule has 0 saturated carbocycles. The maximum Gasteiger partial charge on any atom is 0.338 e. The third-order valence-electron chi connectivity index (χ3n) is 6.05. The van der Waals surface area contributed by atoms with Crippen molar-refractivity contribution in [1.82, 2.24) is 0 Å². The minimum absolute atomic E-state index is 0.0176. The van der Waals surface area contributed by atoms with E-state index in [9.17, 15) is 14.9 Å². The zero-order valence-electron chi connectivity index (χ0n) is 16.9. The fourth-order valence-corrected chi connectivity index (χ4v) is 5.39. The van der Waals surface area contributed by atoms with E-state index in [0.29, 0.717) is 39.2 Å². The van der Waals surface area contributed by atoms with Crippen LogP contribution in [0.2, 0.25) is 10.0 Å². The maximum absolute atomic E-state index is 13.9. The first-order valence-electron chi connectivity index (χ1n) is 9.85. The summed E-state index contributed by atoms with van der Waals surface area (Å²) in [7, 11) is 0. The zero-order valence-corrected chi connectivity index (χ0v) is 18.4. The van der Waals surface area contributed by atoms with Gasteiger partial charge in [-0.15, -0.1) is 0 Å². The number of benzene rings is 2. The fraction of sp³-hybridized carbons (Fsp3) is 0.174. The number of carbonyl (C=O) groups is 2. The Morgan fingerprint density at radius 3 is 2.53 bits per heavy atom. The highest BCUT2D eigenvalue weighted by Crippen LogP contribution is 2.56. The van der Waals surface area contributed by atoms with E-state index in [1.165, 1.54) is 4.90 Å². The van der Waals surface area contributed by atoms with E-state index < -0.39 is 17.3 Å². The summed E-state index contributed by atoms with van der Waals surface area (Å²) in [5.74, 6) is -1.06. The summed E-state index contributed by atoms with van der Waals surface area (Å²) in [5.41, 5.74) is 6.93. The average Bonchev–Trinajstić information content (AvgIpc) is 3.24. The van der Waals surface area contributed by atoms with Crippen LogP contribution in [-0.4, -0.2) is 25.0 Å². The molecule has 0 radical (unpaired) electrons. The van der Waals surface area contributed by atoms with Crippen LogP contribution in [0.25, 0.3) is 0 Å². The van der Waals surface area contributed by atoms with Crippen LogP contribution >= 0.6 is 23.2 Å². The lowest BCUT2D eigenvalue weighted by Gasteiger charge is -2.38. The summed E-state index contributed by atoms with van der Waals surface area (Å²) >= 11 is 12.4. The molecule has 2 aromatic carbocycles. The quantitative estimate of drug-likeness (QED) is 0.678. The molecule has 3 heterocycles. The fourth-order valence-electron chi connectivity index (χ4n) is 4.87. The van der Waals surface area contributed by atoms with Gasteiger partial charge in [0, 0.05) is 27.8 Å². The molecule has 3 aliphatic heterocycles. The van der Waals surface area contributed by atoms with Gasteiger partial charge in [-0.1, -0.05) is 41.4 Å². The van der Waals surface area contributed by atoms with E-state index in [2.05, 4.69) is 6.07 Å². The van der Waals surface area contributed by atoms with Crippen molar-refractivity contribution >= 4 is 46.5 Å². The largest absolute Gasteiger partial charge is 0.456 e. The van der Waals surface area contributed by atoms with Crippen LogP contribution in [0.3, 0.4) is 0 Å². The summed E-state index contributed by atoms with van der Waals surface area (Å²) in [4.78, 5) is 30.1. The molecule has 9 heteroatoms. The number of carbonyl (C=O) groups excluding carboxylic acids is 2. The van der Waals surface area contributed by atoms with Gasteiger partial charge >= 0.3 is 5.97 Å². The average molecular weight is 467 g/mol. The Hall–Kier alpha value is -3.47. The standard InChI is InChI=1S/C23H16Cl2N4O3/c1-2-28-17-6-4-3-5-15(17)23(22(28)31)16(10-26)20(27)29(18-11-32-21(30)19(18)23)14-8-12(24)7-13(25)9-14/h3-9H,2,11,27H2,1H3/t23-/m0/s1. The molecule has 0 unspecified atom stereocenters. The number of para-hydroxylation sites is 1. The number of ether oxygens (including phenoxy) is 1. The second-order valence-corrected chi connectivity index (χ2v) is 8.42. The van der Waals surface area contributed by atoms with Crippen LogP contribution in [0.4, 0.5) is 11.4 Å². The minimum Gasteiger partial charge on any atom is -0.456 e. The highest BCUT2D eigenvalue weighted by Gasteiger charge is 2.63. The molecule has 5 rings (SSSR count). The summed E-state index contributed by atoms with van der Waals surface area (Å²) in [5, 5.41) is 11.0. The molecule has 0 bridgehead atoms. The monoisotopic (exact) mass is 466 g/mol. The minimum atomic E-state index is -1.67. The molecule has 3 aliphatic rings. The van der Waals surface area contributed by atoms with Crippen molar-refractivity contribution in [3.8, 4) is 6.07 Å². The highest BCUT2D eigenvalue weighted by atomic mass is 35.5. The zero-order chi connectivity index (χ0) is 22.8. The molecule has 1 spiro atoms. The van der Waals surface area contributed by atoms with Crippen molar-refractivity contribution in [2.75, 3.05) is 23.0 Å². The predicted molar refractivity (Wildman–Crippen MR) is 120 cm³/mol. The van der Waals surface area contributed by atoms with E-state index in [1.807, 2.05) is 6.92 Å². The van der Waals surface area contributed by atoms with Crippen LogP contribution in [0, 0.1) is 11.3 Å². The number of nitrogens with two attached hydrogens (primary N) is 1. The van der Waals surface area contributed by atoms with Gasteiger partial charge in [0.15, 0.2) is 0 Å². The predicted octanol–water partition coefficient (Wildman–Crippen LogP) is 3.62. The molecule has 0 aliphatic carbocycles. The van der Waals surface area contributed by atoms with E-state index in [-0.39, 0.29) is 23.6 Å². The number of rotatable bonds is 2. The molecule has 0 saturated heterocycles. The maximum atomic E-state index is 13.9. The number of esters is 1. The number of cyclic esters (lactones) is 1. The number of halogens is 2. The van der Waals surface area contributed by atoms with Gasteiger partial charge in [-0.3, -0.25) is 9.69 Å². The molecular formula is C23H16Cl2N4O3. The van der Waals surface area contributed by atoms with E-state index >= 15 is 0 Å². The third-order valence-corrected chi connectivity index (χ3v) is 6.48. The van der Waals surface area contributed by atoms with Crippen LogP contribution in [-0.2, 0) is 19.7 Å². The van der Waals surface area contributed by atoms with E-state index in [0.717, 1.165) is 0 Å². The lowest BCUT2D eigenvalue weighted by Crippen LogP contribution is -2.50. The van der Waals surface area contributed by atoms with Gasteiger partial charge in [0.05, 0.1) is 22.5 Å². The number of likely N-dealkylation sites (N-methyl/N-ethyl adjacent to an activating group) is 1. The van der Waals surface area contributed by atoms with Crippen molar-refractivity contribution in [1.29, 1.82) is 5.26 Å². The van der Waals surface area contributed by atoms with Crippen LogP contribution in [0.15, 0.2) is 65.1 Å². The van der Waals surface area contributed by atoms with E-state index in [4.69, 9.17) is 33.7 Å². The Balaban J connectivity index is 1.88. The Kier molecular flexibility index (Phi) is 4.48. The first-order valence-corrected chi connectivity index (χ1v) is 10.6. The lowest BCUT2D eigenvalue weighted by atomic mass is 9.67. The Labute approximate surface area is 193 Å². The number of nitrogens with zero attached hydrogens (tertiary/aromatic N) is 3. The molecule has 1 amide bonds. The number of amides is 1. The van der Waals surface area contributed by atoms with Gasteiger partial charge in [0.2, 0.25) is 5.91 Å². The van der Waals surface area contributed by atoms with Gasteiger partial charge in [-0.2, -0.15) is 5.26 Å². The molecule has 7 nitrogen and oxygen atoms in total. The number of hydrogen-bond donors (Lipinski definition) is 1. The lowest BCUT2D eigenvalue weighted by molar-refractivity contribution is -0.137. The molecule has 2 aromatic rings. The normalized spacial score (nSPS) is 21.8. The first-order chi connectivity index (χ1) is 15.4. The van der Waals surface area contributed by atoms with Crippen LogP contribution in [0.1, 0.15) is 12.5 Å². The second kappa shape index (κ2) is 7.02. The smallest absolute Gasteiger partial charge is 0.338 e. The van der Waals surface area contributed by atoms with Gasteiger partial charge < -0.3 is 15.4 Å². The van der Waals surface area contributed by atoms with Gasteiger partial charge in [0.25, 0.3) is 0 Å². The van der Waals surface area contributed by atoms with Gasteiger partial charge in [-0.25, -0.2) is 4.79 Å². The topological polar surface area (TPSA) is 99.7 Å². The Bertz CT molecular complexity index is 1310. The molecular weight excluding hydrogens is 451 g/mol. The number of anilines is 2. The molecule has 0 fully saturated rings. The van der Waals surface area contributed by atoms with E-state index in [1.54, 1.807) is 47.4 Å². The van der Waals surface area contributed by atoms with Gasteiger partial charge in [-0.05, 0) is 31.2 Å². The Morgan fingerprint density at radius 1 is 1.19 bits per heavy atom. The molecule has 0 aromatic heterocycles. The van der Waals surface area contributed by atoms with Gasteiger partial charge in [0.1, 0.15) is 23.9 Å². The van der Waals surface area contributed by atoms with Crippen molar-refractivity contribution in [2.45, 2.75) is 12.3 Å². The molecule has 1 atom stereocenters. The third kappa shape index (κ3) is 2.42.